The molecule has 0 aromatic heterocycles. The number of ether oxygens (including phenoxy) is 4. The van der Waals surface area contributed by atoms with E-state index in [1.165, 1.54) is 44.6 Å². The molecule has 0 spiro atoms. The second-order valence-corrected chi connectivity index (χ2v) is 7.19. The lowest BCUT2D eigenvalue weighted by Gasteiger charge is -2.17. The van der Waals surface area contributed by atoms with Crippen LogP contribution in [0.15, 0.2) is 43.0 Å². The van der Waals surface area contributed by atoms with Crippen molar-refractivity contribution in [3.8, 4) is 0 Å². The van der Waals surface area contributed by atoms with Crippen LogP contribution in [0, 0.1) is 5.82 Å². The van der Waals surface area contributed by atoms with Crippen molar-refractivity contribution in [1.82, 2.24) is 0 Å². The zero-order valence-electron chi connectivity index (χ0n) is 18.0. The standard InChI is InChI=1S/C14H15FO5.C8H12O5/c1-19-13-11(17)12(20-14(13)18)10(16)7-6-8-4-2-3-5-9(8)15;1-3-4(9)6-5(10)7(12-2)8(11)13-6/h2-7,10-13,16-17H,1H3;3-7,9-10H,1H2,2H3/b7-6+;/t10-,11?,12?,13-;4-,5?,6?,7-/m11/s1. The van der Waals surface area contributed by atoms with Crippen molar-refractivity contribution < 1.29 is 53.4 Å². The number of cyclic esters (lactones) is 2. The van der Waals surface area contributed by atoms with Crippen LogP contribution in [0.2, 0.25) is 0 Å². The van der Waals surface area contributed by atoms with E-state index < -0.39 is 66.6 Å². The molecule has 4 unspecified atom stereocenters. The average molecular weight is 470 g/mol. The van der Waals surface area contributed by atoms with Gasteiger partial charge in [0, 0.05) is 19.8 Å². The Morgan fingerprint density at radius 2 is 1.45 bits per heavy atom. The minimum absolute atomic E-state index is 0.286. The molecule has 2 aliphatic heterocycles. The zero-order chi connectivity index (χ0) is 24.7. The summed E-state index contributed by atoms with van der Waals surface area (Å²) in [4.78, 5) is 22.4. The van der Waals surface area contributed by atoms with E-state index >= 15 is 0 Å². The van der Waals surface area contributed by atoms with E-state index in [1.807, 2.05) is 0 Å². The summed E-state index contributed by atoms with van der Waals surface area (Å²) in [6.45, 7) is 3.32. The molecule has 0 amide bonds. The van der Waals surface area contributed by atoms with Gasteiger partial charge in [-0.15, -0.1) is 6.58 Å². The fourth-order valence-electron chi connectivity index (χ4n) is 3.24. The van der Waals surface area contributed by atoms with Gasteiger partial charge in [0.25, 0.3) is 0 Å². The Kier molecular flexibility index (Phi) is 9.65. The first-order chi connectivity index (χ1) is 15.7. The first-order valence-electron chi connectivity index (χ1n) is 9.90. The van der Waals surface area contributed by atoms with Crippen molar-refractivity contribution >= 4 is 18.0 Å². The van der Waals surface area contributed by atoms with Crippen LogP contribution < -0.4 is 0 Å². The van der Waals surface area contributed by atoms with Gasteiger partial charge in [-0.1, -0.05) is 36.4 Å². The van der Waals surface area contributed by atoms with Gasteiger partial charge in [0.2, 0.25) is 0 Å². The number of hydrogen-bond donors (Lipinski definition) is 4. The predicted octanol–water partition coefficient (Wildman–Crippen LogP) is -0.664. The van der Waals surface area contributed by atoms with E-state index in [2.05, 4.69) is 6.58 Å². The van der Waals surface area contributed by atoms with E-state index in [9.17, 15) is 34.4 Å². The van der Waals surface area contributed by atoms with Crippen LogP contribution in [-0.4, -0.2) is 95.4 Å². The summed E-state index contributed by atoms with van der Waals surface area (Å²) in [6, 6.07) is 6.03. The maximum atomic E-state index is 13.4. The minimum atomic E-state index is -1.27. The Morgan fingerprint density at radius 1 is 0.970 bits per heavy atom. The number of hydrogen-bond acceptors (Lipinski definition) is 10. The maximum absolute atomic E-state index is 13.4. The summed E-state index contributed by atoms with van der Waals surface area (Å²) in [5, 5.41) is 38.4. The highest BCUT2D eigenvalue weighted by Gasteiger charge is 2.47. The first-order valence-corrected chi connectivity index (χ1v) is 9.90. The molecule has 1 aromatic rings. The highest BCUT2D eigenvalue weighted by Crippen LogP contribution is 2.23. The van der Waals surface area contributed by atoms with E-state index in [-0.39, 0.29) is 5.56 Å². The van der Waals surface area contributed by atoms with Crippen molar-refractivity contribution in [1.29, 1.82) is 0 Å². The van der Waals surface area contributed by atoms with Crippen LogP contribution in [0.4, 0.5) is 4.39 Å². The van der Waals surface area contributed by atoms with Gasteiger partial charge in [-0.05, 0) is 6.07 Å². The van der Waals surface area contributed by atoms with Gasteiger partial charge in [-0.25, -0.2) is 14.0 Å². The normalized spacial score (nSPS) is 30.9. The zero-order valence-corrected chi connectivity index (χ0v) is 18.0. The Morgan fingerprint density at radius 3 is 1.88 bits per heavy atom. The van der Waals surface area contributed by atoms with Crippen LogP contribution in [0.3, 0.4) is 0 Å². The molecule has 2 aliphatic rings. The Bertz CT molecular complexity index is 859. The number of carbonyl (C=O) groups excluding carboxylic acids is 2. The highest BCUT2D eigenvalue weighted by molar-refractivity contribution is 5.78. The van der Waals surface area contributed by atoms with Crippen LogP contribution in [0.5, 0.6) is 0 Å². The monoisotopic (exact) mass is 470 g/mol. The molecule has 0 aliphatic carbocycles. The molecular formula is C22H27FO10. The SMILES string of the molecule is C=C[C@@H](O)C1OC(=O)[C@H](OC)C1O.CO[C@H]1C(=O)OC([C@H](O)/C=C/c2ccccc2F)C1O. The largest absolute Gasteiger partial charge is 0.454 e. The van der Waals surface area contributed by atoms with Crippen molar-refractivity contribution in [3.05, 3.63) is 54.4 Å². The van der Waals surface area contributed by atoms with Crippen LogP contribution in [0.25, 0.3) is 6.08 Å². The van der Waals surface area contributed by atoms with E-state index in [0.717, 1.165) is 0 Å². The lowest BCUT2D eigenvalue weighted by Crippen LogP contribution is -2.38. The van der Waals surface area contributed by atoms with Crippen LogP contribution in [0.1, 0.15) is 5.56 Å². The van der Waals surface area contributed by atoms with Crippen molar-refractivity contribution in [3.63, 3.8) is 0 Å². The number of aliphatic hydroxyl groups is 4. The van der Waals surface area contributed by atoms with E-state index in [1.54, 1.807) is 12.1 Å². The van der Waals surface area contributed by atoms with Crippen molar-refractivity contribution in [2.24, 2.45) is 0 Å². The molecule has 8 atom stereocenters. The molecule has 0 bridgehead atoms. The van der Waals surface area contributed by atoms with Gasteiger partial charge < -0.3 is 39.4 Å². The third-order valence-corrected chi connectivity index (χ3v) is 5.06. The van der Waals surface area contributed by atoms with Gasteiger partial charge in [0.1, 0.15) is 30.2 Å². The summed E-state index contributed by atoms with van der Waals surface area (Å²) in [6.07, 6.45) is -5.16. The maximum Gasteiger partial charge on any atom is 0.338 e. The smallest absolute Gasteiger partial charge is 0.338 e. The van der Waals surface area contributed by atoms with Gasteiger partial charge in [0.05, 0.1) is 0 Å². The highest BCUT2D eigenvalue weighted by atomic mass is 19.1. The summed E-state index contributed by atoms with van der Waals surface area (Å²) in [5.74, 6) is -1.83. The van der Waals surface area contributed by atoms with Crippen molar-refractivity contribution in [2.45, 2.75) is 48.8 Å². The fraction of sp³-hybridized carbons (Fsp3) is 0.455. The molecule has 4 N–H and O–H groups in total. The molecule has 0 radical (unpaired) electrons. The summed E-state index contributed by atoms with van der Waals surface area (Å²) in [5.41, 5.74) is 0.286. The number of halogens is 1. The molecule has 0 saturated carbocycles. The molecule has 33 heavy (non-hydrogen) atoms. The Balaban J connectivity index is 0.000000257. The van der Waals surface area contributed by atoms with Gasteiger partial charge in [0.15, 0.2) is 24.4 Å². The average Bonchev–Trinajstić information content (AvgIpc) is 3.26. The minimum Gasteiger partial charge on any atom is -0.454 e. The van der Waals surface area contributed by atoms with Crippen LogP contribution in [-0.2, 0) is 28.5 Å². The van der Waals surface area contributed by atoms with Gasteiger partial charge in [-0.3, -0.25) is 0 Å². The fourth-order valence-corrected chi connectivity index (χ4v) is 3.24. The van der Waals surface area contributed by atoms with Gasteiger partial charge in [-0.2, -0.15) is 0 Å². The van der Waals surface area contributed by atoms with E-state index in [0.29, 0.717) is 0 Å². The molecule has 3 rings (SSSR count). The number of methoxy groups -OCH3 is 2. The predicted molar refractivity (Wildman–Crippen MR) is 111 cm³/mol. The van der Waals surface area contributed by atoms with Crippen molar-refractivity contribution in [2.75, 3.05) is 14.2 Å². The number of esters is 2. The molecule has 182 valence electrons. The lowest BCUT2D eigenvalue weighted by molar-refractivity contribution is -0.151. The molecule has 2 heterocycles. The Labute approximate surface area is 189 Å². The third kappa shape index (κ3) is 6.22. The molecule has 2 fully saturated rings. The van der Waals surface area contributed by atoms with Gasteiger partial charge >= 0.3 is 11.9 Å². The Hall–Kier alpha value is -2.67. The molecule has 1 aromatic carbocycles. The van der Waals surface area contributed by atoms with Crippen LogP contribution >= 0.6 is 0 Å². The molecule has 10 nitrogen and oxygen atoms in total. The quantitative estimate of drug-likeness (QED) is 0.298. The second-order valence-electron chi connectivity index (χ2n) is 7.19. The first kappa shape index (κ1) is 26.6. The number of rotatable bonds is 7. The molecule has 11 heteroatoms. The molecular weight excluding hydrogens is 443 g/mol. The summed E-state index contributed by atoms with van der Waals surface area (Å²) in [7, 11) is 2.55. The lowest BCUT2D eigenvalue weighted by atomic mass is 10.0. The number of benzene rings is 1. The number of aliphatic hydroxyl groups excluding tert-OH is 4. The second kappa shape index (κ2) is 12.0. The molecule has 2 saturated heterocycles. The summed E-state index contributed by atoms with van der Waals surface area (Å²) < 4.78 is 32.4. The topological polar surface area (TPSA) is 152 Å². The summed E-state index contributed by atoms with van der Waals surface area (Å²) >= 11 is 0. The number of carbonyl (C=O) groups is 2. The van der Waals surface area contributed by atoms with E-state index in [4.69, 9.17) is 18.9 Å². The third-order valence-electron chi connectivity index (χ3n) is 5.06.